The van der Waals surface area contributed by atoms with Crippen molar-refractivity contribution in [2.24, 2.45) is 0 Å². The molecule has 3 rings (SSSR count). The van der Waals surface area contributed by atoms with Gasteiger partial charge in [-0.15, -0.1) is 0 Å². The molecule has 27 heavy (non-hydrogen) atoms. The van der Waals surface area contributed by atoms with Gasteiger partial charge in [0.25, 0.3) is 11.8 Å². The fraction of sp³-hybridized carbons (Fsp3) is 0.105. The summed E-state index contributed by atoms with van der Waals surface area (Å²) in [6.45, 7) is 1.88. The zero-order chi connectivity index (χ0) is 19.7. The number of phenols is 1. The predicted molar refractivity (Wildman–Crippen MR) is 103 cm³/mol. The molecule has 0 radical (unpaired) electrons. The number of amides is 4. The number of benzene rings is 2. The van der Waals surface area contributed by atoms with Gasteiger partial charge in [0, 0.05) is 0 Å². The molecule has 1 saturated heterocycles. The summed E-state index contributed by atoms with van der Waals surface area (Å²) in [5, 5.41) is 12.1. The van der Waals surface area contributed by atoms with Gasteiger partial charge in [-0.25, -0.2) is 9.69 Å². The molecule has 0 unspecified atom stereocenters. The molecule has 0 aromatic heterocycles. The van der Waals surface area contributed by atoms with Crippen LogP contribution in [0.3, 0.4) is 0 Å². The molecule has 1 aliphatic heterocycles. The van der Waals surface area contributed by atoms with Crippen molar-refractivity contribution in [1.29, 1.82) is 0 Å². The van der Waals surface area contributed by atoms with Crippen LogP contribution in [0, 0.1) is 6.92 Å². The van der Waals surface area contributed by atoms with Gasteiger partial charge in [-0.2, -0.15) is 0 Å². The maximum Gasteiger partial charge on any atom is 0.335 e. The first-order valence-electron chi connectivity index (χ1n) is 7.86. The number of aromatic hydroxyl groups is 1. The maximum absolute atomic E-state index is 12.8. The van der Waals surface area contributed by atoms with Gasteiger partial charge < -0.3 is 9.84 Å². The number of nitrogens with zero attached hydrogens (tertiary/aromatic N) is 1. The van der Waals surface area contributed by atoms with E-state index in [9.17, 15) is 19.5 Å². The molecule has 1 aliphatic rings. The Kier molecular flexibility index (Phi) is 5.00. The van der Waals surface area contributed by atoms with Crippen LogP contribution in [0.1, 0.15) is 11.1 Å². The average molecular weight is 431 g/mol. The van der Waals surface area contributed by atoms with Crippen LogP contribution in [0.15, 0.2) is 46.4 Å². The minimum Gasteiger partial charge on any atom is -0.503 e. The summed E-state index contributed by atoms with van der Waals surface area (Å²) in [4.78, 5) is 38.1. The van der Waals surface area contributed by atoms with E-state index >= 15 is 0 Å². The molecule has 138 valence electrons. The number of urea groups is 1. The molecule has 7 nitrogen and oxygen atoms in total. The third kappa shape index (κ3) is 3.56. The third-order valence-corrected chi connectivity index (χ3v) is 4.58. The molecule has 0 saturated carbocycles. The lowest BCUT2D eigenvalue weighted by atomic mass is 10.1. The molecule has 2 aromatic carbocycles. The first kappa shape index (κ1) is 18.7. The molecule has 1 heterocycles. The average Bonchev–Trinajstić information content (AvgIpc) is 2.62. The number of phenolic OH excluding ortho intramolecular Hbond substituents is 1. The van der Waals surface area contributed by atoms with Crippen molar-refractivity contribution in [3.8, 4) is 11.5 Å². The summed E-state index contributed by atoms with van der Waals surface area (Å²) in [6.07, 6.45) is 1.33. The number of halogens is 1. The van der Waals surface area contributed by atoms with Crippen molar-refractivity contribution >= 4 is 45.5 Å². The summed E-state index contributed by atoms with van der Waals surface area (Å²) < 4.78 is 5.41. The molecule has 2 aromatic rings. The van der Waals surface area contributed by atoms with Gasteiger partial charge in [-0.1, -0.05) is 17.7 Å². The second kappa shape index (κ2) is 7.24. The highest BCUT2D eigenvalue weighted by molar-refractivity contribution is 9.10. The Bertz CT molecular complexity index is 982. The zero-order valence-electron chi connectivity index (χ0n) is 14.4. The first-order valence-corrected chi connectivity index (χ1v) is 8.65. The highest BCUT2D eigenvalue weighted by Crippen LogP contribution is 2.36. The Morgan fingerprint density at radius 2 is 1.81 bits per heavy atom. The van der Waals surface area contributed by atoms with Gasteiger partial charge in [-0.05, 0) is 58.8 Å². The molecule has 0 spiro atoms. The molecule has 0 bridgehead atoms. The van der Waals surface area contributed by atoms with E-state index in [2.05, 4.69) is 21.2 Å². The van der Waals surface area contributed by atoms with Gasteiger partial charge in [0.15, 0.2) is 11.5 Å². The Hall–Kier alpha value is -3.13. The fourth-order valence-corrected chi connectivity index (χ4v) is 3.04. The SMILES string of the molecule is COc1cc(/C=C2/C(=O)NC(=O)N(c3ccc(C)cc3)C2=O)cc(Br)c1O. The van der Waals surface area contributed by atoms with Gasteiger partial charge in [0.2, 0.25) is 0 Å². The molecule has 0 atom stereocenters. The van der Waals surface area contributed by atoms with Gasteiger partial charge >= 0.3 is 6.03 Å². The first-order chi connectivity index (χ1) is 12.8. The summed E-state index contributed by atoms with van der Waals surface area (Å²) >= 11 is 3.19. The summed E-state index contributed by atoms with van der Waals surface area (Å²) in [5.41, 5.74) is 1.55. The second-order valence-electron chi connectivity index (χ2n) is 5.85. The van der Waals surface area contributed by atoms with E-state index in [0.717, 1.165) is 10.5 Å². The van der Waals surface area contributed by atoms with Gasteiger partial charge in [-0.3, -0.25) is 14.9 Å². The number of hydrogen-bond acceptors (Lipinski definition) is 5. The number of hydrogen-bond donors (Lipinski definition) is 2. The number of anilines is 1. The van der Waals surface area contributed by atoms with E-state index in [1.54, 1.807) is 24.3 Å². The summed E-state index contributed by atoms with van der Waals surface area (Å²) in [5.74, 6) is -1.46. The normalized spacial score (nSPS) is 15.9. The molecule has 0 aliphatic carbocycles. The number of aryl methyl sites for hydroxylation is 1. The maximum atomic E-state index is 12.8. The van der Waals surface area contributed by atoms with Crippen molar-refractivity contribution in [3.05, 3.63) is 57.6 Å². The Labute approximate surface area is 163 Å². The van der Waals surface area contributed by atoms with Crippen molar-refractivity contribution in [1.82, 2.24) is 5.32 Å². The van der Waals surface area contributed by atoms with E-state index in [0.29, 0.717) is 15.7 Å². The fourth-order valence-electron chi connectivity index (χ4n) is 2.59. The largest absolute Gasteiger partial charge is 0.503 e. The predicted octanol–water partition coefficient (Wildman–Crippen LogP) is 3.14. The van der Waals surface area contributed by atoms with Crippen molar-refractivity contribution in [2.75, 3.05) is 12.0 Å². The van der Waals surface area contributed by atoms with Gasteiger partial charge in [0.1, 0.15) is 5.57 Å². The monoisotopic (exact) mass is 430 g/mol. The number of ether oxygens (including phenoxy) is 1. The van der Waals surface area contributed by atoms with E-state index < -0.39 is 17.8 Å². The van der Waals surface area contributed by atoms with E-state index in [1.807, 2.05) is 6.92 Å². The minimum atomic E-state index is -0.810. The van der Waals surface area contributed by atoms with Crippen LogP contribution in [0.4, 0.5) is 10.5 Å². The summed E-state index contributed by atoms with van der Waals surface area (Å²) in [6, 6.07) is 8.96. The lowest BCUT2D eigenvalue weighted by Crippen LogP contribution is -2.54. The summed E-state index contributed by atoms with van der Waals surface area (Å²) in [7, 11) is 1.38. The quantitative estimate of drug-likeness (QED) is 0.575. The standard InChI is InChI=1S/C19H15BrN2O5/c1-10-3-5-12(6-4-10)22-18(25)13(17(24)21-19(22)26)7-11-8-14(20)16(23)15(9-11)27-2/h3-9,23H,1-2H3,(H,21,24,26)/b13-7-. The molecular formula is C19H15BrN2O5. The highest BCUT2D eigenvalue weighted by Gasteiger charge is 2.36. The number of carbonyl (C=O) groups is 3. The Morgan fingerprint density at radius 1 is 1.15 bits per heavy atom. The molecule has 8 heteroatoms. The number of nitrogens with one attached hydrogen (secondary N) is 1. The third-order valence-electron chi connectivity index (χ3n) is 3.98. The van der Waals surface area contributed by atoms with E-state index in [1.165, 1.54) is 25.3 Å². The number of methoxy groups -OCH3 is 1. The minimum absolute atomic E-state index is 0.101. The lowest BCUT2D eigenvalue weighted by Gasteiger charge is -2.26. The van der Waals surface area contributed by atoms with Crippen molar-refractivity contribution in [3.63, 3.8) is 0 Å². The highest BCUT2D eigenvalue weighted by atomic mass is 79.9. The second-order valence-corrected chi connectivity index (χ2v) is 6.70. The zero-order valence-corrected chi connectivity index (χ0v) is 16.0. The van der Waals surface area contributed by atoms with Crippen LogP contribution in [-0.2, 0) is 9.59 Å². The number of imide groups is 2. The Balaban J connectivity index is 2.04. The van der Waals surface area contributed by atoms with E-state index in [4.69, 9.17) is 4.74 Å². The molecule has 1 fully saturated rings. The molecular weight excluding hydrogens is 416 g/mol. The number of rotatable bonds is 3. The van der Waals surface area contributed by atoms with Crippen LogP contribution in [0.25, 0.3) is 6.08 Å². The topological polar surface area (TPSA) is 95.9 Å². The Morgan fingerprint density at radius 3 is 2.44 bits per heavy atom. The van der Waals surface area contributed by atoms with Gasteiger partial charge in [0.05, 0.1) is 17.3 Å². The van der Waals surface area contributed by atoms with Crippen molar-refractivity contribution in [2.45, 2.75) is 6.92 Å². The molecule has 2 N–H and O–H groups in total. The smallest absolute Gasteiger partial charge is 0.335 e. The lowest BCUT2D eigenvalue weighted by molar-refractivity contribution is -0.122. The van der Waals surface area contributed by atoms with E-state index in [-0.39, 0.29) is 17.1 Å². The van der Waals surface area contributed by atoms with Crippen LogP contribution in [-0.4, -0.2) is 30.1 Å². The van der Waals surface area contributed by atoms with Crippen LogP contribution < -0.4 is 15.0 Å². The van der Waals surface area contributed by atoms with Crippen LogP contribution in [0.2, 0.25) is 0 Å². The van der Waals surface area contributed by atoms with Crippen LogP contribution >= 0.6 is 15.9 Å². The number of barbiturate groups is 1. The number of carbonyl (C=O) groups excluding carboxylic acids is 3. The van der Waals surface area contributed by atoms with Crippen LogP contribution in [0.5, 0.6) is 11.5 Å². The molecule has 4 amide bonds. The van der Waals surface area contributed by atoms with Crippen molar-refractivity contribution < 1.29 is 24.2 Å².